The fraction of sp³-hybridized carbons (Fsp3) is 0.286. The first-order chi connectivity index (χ1) is 9.59. The summed E-state index contributed by atoms with van der Waals surface area (Å²) < 4.78 is 0. The van der Waals surface area contributed by atoms with Crippen molar-refractivity contribution < 1.29 is 20.1 Å². The molecule has 0 saturated heterocycles. The largest absolute Gasteiger partial charge is 0.394 e. The Kier molecular flexibility index (Phi) is 5.87. The second kappa shape index (κ2) is 7.40. The van der Waals surface area contributed by atoms with Gasteiger partial charge in [-0.1, -0.05) is 12.1 Å². The number of nitriles is 1. The van der Waals surface area contributed by atoms with Crippen LogP contribution in [-0.4, -0.2) is 46.6 Å². The number of carbonyl (C=O) groups excluding carboxylic acids is 1. The topological polar surface area (TPSA) is 114 Å². The second-order valence-corrected chi connectivity index (χ2v) is 4.31. The quantitative estimate of drug-likeness (QED) is 0.518. The van der Waals surface area contributed by atoms with E-state index in [-0.39, 0.29) is 0 Å². The van der Waals surface area contributed by atoms with Crippen molar-refractivity contribution in [3.8, 4) is 6.07 Å². The van der Waals surface area contributed by atoms with Crippen molar-refractivity contribution in [3.05, 3.63) is 41.5 Å². The lowest BCUT2D eigenvalue weighted by atomic mass is 10.0. The van der Waals surface area contributed by atoms with Gasteiger partial charge in [0.2, 0.25) is 5.91 Å². The van der Waals surface area contributed by atoms with Gasteiger partial charge in [-0.2, -0.15) is 5.26 Å². The number of amides is 1. The second-order valence-electron chi connectivity index (χ2n) is 4.31. The van der Waals surface area contributed by atoms with Crippen LogP contribution in [0.4, 0.5) is 0 Å². The van der Waals surface area contributed by atoms with Gasteiger partial charge in [-0.15, -0.1) is 0 Å². The van der Waals surface area contributed by atoms with Crippen LogP contribution in [0.3, 0.4) is 0 Å². The molecule has 0 aliphatic rings. The molecule has 1 rings (SSSR count). The minimum atomic E-state index is -1.45. The molecule has 0 bridgehead atoms. The van der Waals surface area contributed by atoms with E-state index in [1.165, 1.54) is 12.2 Å². The number of hydrogen-bond acceptors (Lipinski definition) is 5. The maximum absolute atomic E-state index is 11.7. The fourth-order valence-electron chi connectivity index (χ4n) is 1.46. The van der Waals surface area contributed by atoms with Gasteiger partial charge in [0.25, 0.3) is 0 Å². The molecule has 20 heavy (non-hydrogen) atoms. The monoisotopic (exact) mass is 276 g/mol. The van der Waals surface area contributed by atoms with E-state index in [1.807, 2.05) is 6.07 Å². The highest BCUT2D eigenvalue weighted by molar-refractivity contribution is 5.92. The molecule has 0 spiro atoms. The predicted octanol–water partition coefficient (Wildman–Crippen LogP) is -0.597. The highest BCUT2D eigenvalue weighted by Gasteiger charge is 2.29. The van der Waals surface area contributed by atoms with Crippen LogP contribution in [0.1, 0.15) is 11.1 Å². The van der Waals surface area contributed by atoms with Crippen LogP contribution in [0, 0.1) is 11.3 Å². The van der Waals surface area contributed by atoms with Crippen LogP contribution in [0.5, 0.6) is 0 Å². The summed E-state index contributed by atoms with van der Waals surface area (Å²) in [5, 5.41) is 38.3. The van der Waals surface area contributed by atoms with Crippen LogP contribution < -0.4 is 5.32 Å². The number of benzene rings is 1. The predicted molar refractivity (Wildman–Crippen MR) is 72.3 cm³/mol. The van der Waals surface area contributed by atoms with Gasteiger partial charge in [0.15, 0.2) is 0 Å². The molecule has 106 valence electrons. The van der Waals surface area contributed by atoms with Crippen LogP contribution >= 0.6 is 0 Å². The smallest absolute Gasteiger partial charge is 0.244 e. The Labute approximate surface area is 116 Å². The van der Waals surface area contributed by atoms with Crippen molar-refractivity contribution >= 4 is 12.0 Å². The molecule has 0 aromatic heterocycles. The van der Waals surface area contributed by atoms with E-state index >= 15 is 0 Å². The summed E-state index contributed by atoms with van der Waals surface area (Å²) in [5.74, 6) is -0.565. The van der Waals surface area contributed by atoms with E-state index in [1.54, 1.807) is 24.3 Å². The molecule has 0 fully saturated rings. The van der Waals surface area contributed by atoms with E-state index in [9.17, 15) is 4.79 Å². The van der Waals surface area contributed by atoms with Crippen molar-refractivity contribution in [2.75, 3.05) is 19.8 Å². The standard InChI is InChI=1S/C14H16N2O4/c15-7-12-3-1-2-11(6-12)4-5-13(20)16-14(8-17,9-18)10-19/h1-6,17-19H,8-10H2,(H,16,20)/b5-4+. The average Bonchev–Trinajstić information content (AvgIpc) is 2.51. The lowest BCUT2D eigenvalue weighted by Gasteiger charge is -2.27. The summed E-state index contributed by atoms with van der Waals surface area (Å²) in [5.41, 5.74) is -0.305. The molecule has 0 aliphatic heterocycles. The number of aliphatic hydroxyl groups is 3. The molecule has 4 N–H and O–H groups in total. The normalized spacial score (nSPS) is 11.3. The van der Waals surface area contributed by atoms with Crippen LogP contribution in [0.15, 0.2) is 30.3 Å². The molecule has 0 radical (unpaired) electrons. The highest BCUT2D eigenvalue weighted by Crippen LogP contribution is 2.07. The van der Waals surface area contributed by atoms with Gasteiger partial charge < -0.3 is 20.6 Å². The van der Waals surface area contributed by atoms with Crippen LogP contribution in [0.25, 0.3) is 6.08 Å². The molecule has 6 heteroatoms. The molecule has 0 unspecified atom stereocenters. The summed E-state index contributed by atoms with van der Waals surface area (Å²) in [7, 11) is 0. The molecule has 0 aliphatic carbocycles. The third-order valence-corrected chi connectivity index (χ3v) is 2.74. The Hall–Kier alpha value is -2.20. The SMILES string of the molecule is N#Cc1cccc(/C=C/C(=O)NC(CO)(CO)CO)c1. The van der Waals surface area contributed by atoms with Gasteiger partial charge in [-0.25, -0.2) is 0 Å². The van der Waals surface area contributed by atoms with Crippen molar-refractivity contribution in [1.29, 1.82) is 5.26 Å². The maximum Gasteiger partial charge on any atom is 0.244 e. The maximum atomic E-state index is 11.7. The zero-order valence-electron chi connectivity index (χ0n) is 10.8. The van der Waals surface area contributed by atoms with Crippen molar-refractivity contribution in [1.82, 2.24) is 5.32 Å². The summed E-state index contributed by atoms with van der Waals surface area (Å²) in [6.07, 6.45) is 2.69. The first kappa shape index (κ1) is 15.9. The van der Waals surface area contributed by atoms with Crippen molar-refractivity contribution in [2.45, 2.75) is 5.54 Å². The average molecular weight is 276 g/mol. The number of hydrogen-bond donors (Lipinski definition) is 4. The fourth-order valence-corrected chi connectivity index (χ4v) is 1.46. The Morgan fingerprint density at radius 1 is 1.30 bits per heavy atom. The van der Waals surface area contributed by atoms with Gasteiger partial charge in [-0.3, -0.25) is 4.79 Å². The number of nitrogens with zero attached hydrogens (tertiary/aromatic N) is 1. The zero-order valence-corrected chi connectivity index (χ0v) is 10.8. The third kappa shape index (κ3) is 4.17. The molecular formula is C14H16N2O4. The Bertz CT molecular complexity index is 522. The van der Waals surface area contributed by atoms with Gasteiger partial charge in [0.05, 0.1) is 31.5 Å². The van der Waals surface area contributed by atoms with E-state index in [0.29, 0.717) is 11.1 Å². The van der Waals surface area contributed by atoms with Gasteiger partial charge in [0, 0.05) is 6.08 Å². The lowest BCUT2D eigenvalue weighted by Crippen LogP contribution is -2.56. The van der Waals surface area contributed by atoms with Gasteiger partial charge >= 0.3 is 0 Å². The first-order valence-electron chi connectivity index (χ1n) is 5.92. The van der Waals surface area contributed by atoms with Crippen molar-refractivity contribution in [3.63, 3.8) is 0 Å². The zero-order chi connectivity index (χ0) is 15.0. The van der Waals surface area contributed by atoms with Crippen molar-refractivity contribution in [2.24, 2.45) is 0 Å². The molecule has 1 aromatic rings. The van der Waals surface area contributed by atoms with Crippen LogP contribution in [0.2, 0.25) is 0 Å². The summed E-state index contributed by atoms with van der Waals surface area (Å²) in [6, 6.07) is 8.66. The lowest BCUT2D eigenvalue weighted by molar-refractivity contribution is -0.120. The molecular weight excluding hydrogens is 260 g/mol. The number of aliphatic hydroxyl groups excluding tert-OH is 3. The molecule has 0 heterocycles. The number of carbonyl (C=O) groups is 1. The number of nitrogens with one attached hydrogen (secondary N) is 1. The van der Waals surface area contributed by atoms with E-state index in [2.05, 4.69) is 5.32 Å². The molecule has 6 nitrogen and oxygen atoms in total. The number of rotatable bonds is 6. The Morgan fingerprint density at radius 2 is 1.95 bits per heavy atom. The minimum Gasteiger partial charge on any atom is -0.394 e. The van der Waals surface area contributed by atoms with E-state index in [0.717, 1.165) is 0 Å². The minimum absolute atomic E-state index is 0.475. The van der Waals surface area contributed by atoms with Crippen LogP contribution in [-0.2, 0) is 4.79 Å². The molecule has 1 aromatic carbocycles. The highest BCUT2D eigenvalue weighted by atomic mass is 16.3. The van der Waals surface area contributed by atoms with Gasteiger partial charge in [-0.05, 0) is 23.8 Å². The molecule has 1 amide bonds. The summed E-state index contributed by atoms with van der Waals surface area (Å²) in [4.78, 5) is 11.7. The first-order valence-corrected chi connectivity index (χ1v) is 5.92. The van der Waals surface area contributed by atoms with E-state index in [4.69, 9.17) is 20.6 Å². The van der Waals surface area contributed by atoms with Gasteiger partial charge in [0.1, 0.15) is 5.54 Å². The summed E-state index contributed by atoms with van der Waals surface area (Å²) >= 11 is 0. The molecule has 0 saturated carbocycles. The summed E-state index contributed by atoms with van der Waals surface area (Å²) in [6.45, 7) is -1.74. The Balaban J connectivity index is 2.75. The Morgan fingerprint density at radius 3 is 2.50 bits per heavy atom. The third-order valence-electron chi connectivity index (χ3n) is 2.74. The molecule has 0 atom stereocenters. The van der Waals surface area contributed by atoms with E-state index < -0.39 is 31.3 Å².